The zero-order valence-corrected chi connectivity index (χ0v) is 7.75. The monoisotopic (exact) mass is 170 g/mol. The van der Waals surface area contributed by atoms with Crippen molar-refractivity contribution in [3.05, 3.63) is 0 Å². The van der Waals surface area contributed by atoms with Gasteiger partial charge in [-0.2, -0.15) is 0 Å². The second-order valence-electron chi connectivity index (χ2n) is 4.22. The molecule has 0 aromatic rings. The Labute approximate surface area is 73.9 Å². The third-order valence-corrected chi connectivity index (χ3v) is 3.92. The van der Waals surface area contributed by atoms with Crippen molar-refractivity contribution < 1.29 is 9.84 Å². The maximum atomic E-state index is 9.14. The number of fused-ring (bicyclic) bond motifs is 1. The van der Waals surface area contributed by atoms with Crippen molar-refractivity contribution in [2.75, 3.05) is 13.7 Å². The van der Waals surface area contributed by atoms with Gasteiger partial charge in [-0.05, 0) is 25.2 Å². The van der Waals surface area contributed by atoms with E-state index in [4.69, 9.17) is 9.84 Å². The van der Waals surface area contributed by atoms with Crippen LogP contribution in [0.25, 0.3) is 0 Å². The number of hydrogen-bond donors (Lipinski definition) is 1. The van der Waals surface area contributed by atoms with Crippen molar-refractivity contribution in [2.24, 2.45) is 11.8 Å². The van der Waals surface area contributed by atoms with Crippen LogP contribution < -0.4 is 0 Å². The summed E-state index contributed by atoms with van der Waals surface area (Å²) in [6, 6.07) is 0. The summed E-state index contributed by atoms with van der Waals surface area (Å²) in [5, 5.41) is 9.14. The van der Waals surface area contributed by atoms with Crippen LogP contribution >= 0.6 is 0 Å². The van der Waals surface area contributed by atoms with Gasteiger partial charge in [-0.3, -0.25) is 0 Å². The predicted octanol–water partition coefficient (Wildman–Crippen LogP) is 1.57. The molecule has 0 unspecified atom stereocenters. The molecule has 3 atom stereocenters. The smallest absolute Gasteiger partial charge is 0.0756 e. The molecule has 1 N–H and O–H groups in total. The Morgan fingerprint density at radius 3 is 2.92 bits per heavy atom. The van der Waals surface area contributed by atoms with Crippen LogP contribution in [0, 0.1) is 11.8 Å². The SMILES string of the molecule is CO[C@]12CCCC[C@H]1C[C@H]2CO. The van der Waals surface area contributed by atoms with Gasteiger partial charge in [-0.1, -0.05) is 12.8 Å². The highest BCUT2D eigenvalue weighted by Gasteiger charge is 2.55. The zero-order valence-electron chi connectivity index (χ0n) is 7.75. The highest BCUT2D eigenvalue weighted by Crippen LogP contribution is 2.54. The fourth-order valence-corrected chi connectivity index (χ4v) is 3.14. The van der Waals surface area contributed by atoms with Crippen LogP contribution in [-0.2, 0) is 4.74 Å². The minimum atomic E-state index is 0.0764. The minimum Gasteiger partial charge on any atom is -0.396 e. The summed E-state index contributed by atoms with van der Waals surface area (Å²) in [6.45, 7) is 0.310. The first-order chi connectivity index (χ1) is 5.83. The lowest BCUT2D eigenvalue weighted by molar-refractivity contribution is -0.203. The van der Waals surface area contributed by atoms with Gasteiger partial charge >= 0.3 is 0 Å². The van der Waals surface area contributed by atoms with Gasteiger partial charge < -0.3 is 9.84 Å². The summed E-state index contributed by atoms with van der Waals surface area (Å²) in [6.07, 6.45) is 6.29. The quantitative estimate of drug-likeness (QED) is 0.681. The Hall–Kier alpha value is -0.0800. The molecule has 70 valence electrons. The van der Waals surface area contributed by atoms with Gasteiger partial charge in [-0.25, -0.2) is 0 Å². The fourth-order valence-electron chi connectivity index (χ4n) is 3.14. The Bertz CT molecular complexity index is 163. The highest BCUT2D eigenvalue weighted by atomic mass is 16.5. The Morgan fingerprint density at radius 1 is 1.50 bits per heavy atom. The number of aliphatic hydroxyl groups is 1. The van der Waals surface area contributed by atoms with Gasteiger partial charge in [0.1, 0.15) is 0 Å². The molecule has 0 aromatic heterocycles. The molecule has 0 bridgehead atoms. The zero-order chi connectivity index (χ0) is 8.60. The first-order valence-corrected chi connectivity index (χ1v) is 4.99. The van der Waals surface area contributed by atoms with E-state index in [-0.39, 0.29) is 5.60 Å². The molecule has 2 nitrogen and oxygen atoms in total. The molecule has 0 amide bonds. The second-order valence-corrected chi connectivity index (χ2v) is 4.22. The average Bonchev–Trinajstić information content (AvgIpc) is 2.08. The molecular weight excluding hydrogens is 152 g/mol. The van der Waals surface area contributed by atoms with Crippen LogP contribution in [0.4, 0.5) is 0 Å². The van der Waals surface area contributed by atoms with Crippen molar-refractivity contribution in [3.63, 3.8) is 0 Å². The molecule has 2 aliphatic carbocycles. The first kappa shape index (κ1) is 8.52. The topological polar surface area (TPSA) is 29.5 Å². The van der Waals surface area contributed by atoms with Crippen molar-refractivity contribution in [1.29, 1.82) is 0 Å². The van der Waals surface area contributed by atoms with Crippen molar-refractivity contribution >= 4 is 0 Å². The summed E-state index contributed by atoms with van der Waals surface area (Å²) >= 11 is 0. The highest BCUT2D eigenvalue weighted by molar-refractivity contribution is 5.05. The molecule has 0 aliphatic heterocycles. The lowest BCUT2D eigenvalue weighted by Crippen LogP contribution is -2.59. The summed E-state index contributed by atoms with van der Waals surface area (Å²) in [4.78, 5) is 0. The van der Waals surface area contributed by atoms with E-state index < -0.39 is 0 Å². The molecule has 2 aliphatic rings. The van der Waals surface area contributed by atoms with Crippen LogP contribution in [0.5, 0.6) is 0 Å². The van der Waals surface area contributed by atoms with E-state index in [1.54, 1.807) is 7.11 Å². The fraction of sp³-hybridized carbons (Fsp3) is 1.00. The van der Waals surface area contributed by atoms with Crippen LogP contribution in [0.15, 0.2) is 0 Å². The van der Waals surface area contributed by atoms with Crippen molar-refractivity contribution in [1.82, 2.24) is 0 Å². The first-order valence-electron chi connectivity index (χ1n) is 4.99. The summed E-state index contributed by atoms with van der Waals surface area (Å²) in [7, 11) is 1.81. The normalized spacial score (nSPS) is 46.5. The largest absolute Gasteiger partial charge is 0.396 e. The van der Waals surface area contributed by atoms with Crippen molar-refractivity contribution in [2.45, 2.75) is 37.7 Å². The molecular formula is C10H18O2. The third-order valence-electron chi connectivity index (χ3n) is 3.92. The lowest BCUT2D eigenvalue weighted by atomic mass is 9.55. The number of rotatable bonds is 2. The molecule has 0 saturated heterocycles. The minimum absolute atomic E-state index is 0.0764. The average molecular weight is 170 g/mol. The molecule has 0 aromatic carbocycles. The summed E-state index contributed by atoms with van der Waals surface area (Å²) in [5.41, 5.74) is 0.0764. The lowest BCUT2D eigenvalue weighted by Gasteiger charge is -2.57. The standard InChI is InChI=1S/C10H18O2/c1-12-10-5-3-2-4-8(10)6-9(10)7-11/h8-9,11H,2-7H2,1H3/t8-,9-,10+/m0/s1. The van der Waals surface area contributed by atoms with Gasteiger partial charge in [-0.15, -0.1) is 0 Å². The second kappa shape index (κ2) is 3.00. The van der Waals surface area contributed by atoms with E-state index in [1.807, 2.05) is 0 Å². The van der Waals surface area contributed by atoms with E-state index in [0.29, 0.717) is 12.5 Å². The van der Waals surface area contributed by atoms with Gasteiger partial charge in [0.05, 0.1) is 5.60 Å². The number of hydrogen-bond acceptors (Lipinski definition) is 2. The molecule has 0 radical (unpaired) electrons. The van der Waals surface area contributed by atoms with Crippen LogP contribution in [0.1, 0.15) is 32.1 Å². The van der Waals surface area contributed by atoms with Gasteiger partial charge in [0.25, 0.3) is 0 Å². The molecule has 0 spiro atoms. The predicted molar refractivity (Wildman–Crippen MR) is 46.9 cm³/mol. The Kier molecular flexibility index (Phi) is 2.13. The van der Waals surface area contributed by atoms with Crippen LogP contribution in [0.3, 0.4) is 0 Å². The Morgan fingerprint density at radius 2 is 2.33 bits per heavy atom. The van der Waals surface area contributed by atoms with Gasteiger partial charge in [0.15, 0.2) is 0 Å². The molecule has 2 fully saturated rings. The maximum Gasteiger partial charge on any atom is 0.0756 e. The summed E-state index contributed by atoms with van der Waals surface area (Å²) < 4.78 is 5.62. The van der Waals surface area contributed by atoms with E-state index in [1.165, 1.54) is 32.1 Å². The van der Waals surface area contributed by atoms with E-state index >= 15 is 0 Å². The molecule has 0 heterocycles. The molecule has 2 saturated carbocycles. The third kappa shape index (κ3) is 0.944. The Balaban J connectivity index is 2.08. The maximum absolute atomic E-state index is 9.14. The van der Waals surface area contributed by atoms with Crippen LogP contribution in [-0.4, -0.2) is 24.4 Å². The van der Waals surface area contributed by atoms with E-state index in [0.717, 1.165) is 5.92 Å². The molecule has 12 heavy (non-hydrogen) atoms. The van der Waals surface area contributed by atoms with Gasteiger partial charge in [0.2, 0.25) is 0 Å². The van der Waals surface area contributed by atoms with Crippen molar-refractivity contribution in [3.8, 4) is 0 Å². The molecule has 2 heteroatoms. The number of methoxy groups -OCH3 is 1. The number of aliphatic hydroxyl groups excluding tert-OH is 1. The molecule has 2 rings (SSSR count). The van der Waals surface area contributed by atoms with Crippen LogP contribution in [0.2, 0.25) is 0 Å². The van der Waals surface area contributed by atoms with Gasteiger partial charge in [0, 0.05) is 19.6 Å². The summed E-state index contributed by atoms with van der Waals surface area (Å²) in [5.74, 6) is 1.17. The van der Waals surface area contributed by atoms with E-state index in [9.17, 15) is 0 Å². The number of ether oxygens (including phenoxy) is 1. The van der Waals surface area contributed by atoms with E-state index in [2.05, 4.69) is 0 Å².